The van der Waals surface area contributed by atoms with Crippen LogP contribution >= 0.6 is 0 Å². The van der Waals surface area contributed by atoms with Crippen LogP contribution < -0.4 is 0 Å². The first-order chi connectivity index (χ1) is 6.73. The summed E-state index contributed by atoms with van der Waals surface area (Å²) in [5.41, 5.74) is 1.42. The average molecular weight is 210 g/mol. The van der Waals surface area contributed by atoms with Crippen LogP contribution in [0.3, 0.4) is 0 Å². The van der Waals surface area contributed by atoms with Gasteiger partial charge in [0.15, 0.2) is 0 Å². The summed E-state index contributed by atoms with van der Waals surface area (Å²) in [5, 5.41) is 17.1. The number of aromatic hydroxyl groups is 1. The Hall–Kier alpha value is -1.02. The molecular weight excluding hydrogens is 188 g/mol. The molecule has 0 amide bonds. The van der Waals surface area contributed by atoms with Gasteiger partial charge in [-0.05, 0) is 37.0 Å². The third kappa shape index (κ3) is 6.97. The Labute approximate surface area is 92.6 Å². The summed E-state index contributed by atoms with van der Waals surface area (Å²) in [6, 6.07) is 7.35. The molecule has 0 saturated carbocycles. The quantitative estimate of drug-likeness (QED) is 0.691. The fourth-order valence-electron chi connectivity index (χ4n) is 0.961. The molecule has 0 fully saturated rings. The van der Waals surface area contributed by atoms with Crippen LogP contribution in [0, 0.1) is 0 Å². The first-order valence-electron chi connectivity index (χ1n) is 5.21. The van der Waals surface area contributed by atoms with Crippen molar-refractivity contribution in [2.24, 2.45) is 0 Å². The van der Waals surface area contributed by atoms with Crippen molar-refractivity contribution in [2.75, 3.05) is 0 Å². The zero-order chi connectivity index (χ0) is 12.1. The first kappa shape index (κ1) is 14.0. The molecule has 0 radical (unpaired) electrons. The lowest BCUT2D eigenvalue weighted by atomic mass is 9.87. The Morgan fingerprint density at radius 1 is 1.00 bits per heavy atom. The van der Waals surface area contributed by atoms with E-state index in [1.54, 1.807) is 26.0 Å². The summed E-state index contributed by atoms with van der Waals surface area (Å²) in [5.74, 6) is 0.331. The Morgan fingerprint density at radius 3 is 1.60 bits per heavy atom. The molecule has 0 bridgehead atoms. The van der Waals surface area contributed by atoms with E-state index in [1.165, 1.54) is 5.56 Å². The van der Waals surface area contributed by atoms with Crippen LogP contribution in [0.2, 0.25) is 0 Å². The molecule has 0 spiro atoms. The second kappa shape index (κ2) is 5.76. The molecular formula is C13H22O2. The van der Waals surface area contributed by atoms with Crippen LogP contribution in [-0.4, -0.2) is 16.3 Å². The van der Waals surface area contributed by atoms with E-state index in [0.717, 1.165) is 0 Å². The van der Waals surface area contributed by atoms with E-state index in [2.05, 4.69) is 20.8 Å². The Balaban J connectivity index is 0.000000423. The van der Waals surface area contributed by atoms with E-state index in [0.29, 0.717) is 5.75 Å². The molecule has 15 heavy (non-hydrogen) atoms. The van der Waals surface area contributed by atoms with Gasteiger partial charge >= 0.3 is 0 Å². The zero-order valence-corrected chi connectivity index (χ0v) is 10.3. The molecule has 0 aliphatic rings. The number of benzene rings is 1. The minimum atomic E-state index is -0.167. The van der Waals surface area contributed by atoms with Crippen molar-refractivity contribution in [2.45, 2.75) is 46.1 Å². The van der Waals surface area contributed by atoms with Crippen molar-refractivity contribution in [1.82, 2.24) is 0 Å². The molecule has 0 aliphatic carbocycles. The third-order valence-corrected chi connectivity index (χ3v) is 1.73. The number of aliphatic hydroxyl groups excluding tert-OH is 1. The summed E-state index contributed by atoms with van der Waals surface area (Å²) >= 11 is 0. The highest BCUT2D eigenvalue weighted by molar-refractivity contribution is 5.29. The van der Waals surface area contributed by atoms with Gasteiger partial charge in [0, 0.05) is 6.10 Å². The molecule has 2 heteroatoms. The van der Waals surface area contributed by atoms with Gasteiger partial charge in [-0.3, -0.25) is 0 Å². The smallest absolute Gasteiger partial charge is 0.115 e. The molecule has 0 aromatic heterocycles. The molecule has 0 unspecified atom stereocenters. The molecule has 2 nitrogen and oxygen atoms in total. The SMILES string of the molecule is CC(C)(C)c1ccc(O)cc1.CC(C)O. The molecule has 1 aromatic rings. The lowest BCUT2D eigenvalue weighted by Crippen LogP contribution is -2.10. The monoisotopic (exact) mass is 210 g/mol. The predicted molar refractivity (Wildman–Crippen MR) is 64.2 cm³/mol. The summed E-state index contributed by atoms with van der Waals surface area (Å²) in [4.78, 5) is 0. The molecule has 0 saturated heterocycles. The van der Waals surface area contributed by atoms with Gasteiger partial charge in [-0.25, -0.2) is 0 Å². The van der Waals surface area contributed by atoms with Crippen molar-refractivity contribution < 1.29 is 10.2 Å². The minimum Gasteiger partial charge on any atom is -0.508 e. The number of hydrogen-bond donors (Lipinski definition) is 2. The number of hydrogen-bond acceptors (Lipinski definition) is 2. The summed E-state index contributed by atoms with van der Waals surface area (Å²) < 4.78 is 0. The van der Waals surface area contributed by atoms with E-state index >= 15 is 0 Å². The van der Waals surface area contributed by atoms with Crippen molar-refractivity contribution in [1.29, 1.82) is 0 Å². The van der Waals surface area contributed by atoms with Gasteiger partial charge in [0.05, 0.1) is 0 Å². The largest absolute Gasteiger partial charge is 0.508 e. The molecule has 1 aromatic carbocycles. The fourth-order valence-corrected chi connectivity index (χ4v) is 0.961. The van der Waals surface area contributed by atoms with Crippen molar-refractivity contribution in [3.8, 4) is 5.75 Å². The number of phenols is 1. The second-order valence-electron chi connectivity index (χ2n) is 4.89. The lowest BCUT2D eigenvalue weighted by molar-refractivity contribution is 0.216. The maximum Gasteiger partial charge on any atom is 0.115 e. The summed E-state index contributed by atoms with van der Waals surface area (Å²) in [6.45, 7) is 9.90. The van der Waals surface area contributed by atoms with Crippen LogP contribution in [-0.2, 0) is 5.41 Å². The Bertz CT molecular complexity index is 265. The van der Waals surface area contributed by atoms with Crippen LogP contribution in [0.25, 0.3) is 0 Å². The molecule has 2 N–H and O–H groups in total. The van der Waals surface area contributed by atoms with Crippen LogP contribution in [0.1, 0.15) is 40.2 Å². The topological polar surface area (TPSA) is 40.5 Å². The lowest BCUT2D eigenvalue weighted by Gasteiger charge is -2.18. The first-order valence-corrected chi connectivity index (χ1v) is 5.21. The van der Waals surface area contributed by atoms with Crippen LogP contribution in [0.5, 0.6) is 5.75 Å². The highest BCUT2D eigenvalue weighted by atomic mass is 16.3. The summed E-state index contributed by atoms with van der Waals surface area (Å²) in [6.07, 6.45) is -0.167. The number of rotatable bonds is 0. The number of phenolic OH excluding ortho intramolecular Hbond substituents is 1. The van der Waals surface area contributed by atoms with Crippen molar-refractivity contribution >= 4 is 0 Å². The highest BCUT2D eigenvalue weighted by Gasteiger charge is 2.12. The van der Waals surface area contributed by atoms with Crippen LogP contribution in [0.15, 0.2) is 24.3 Å². The normalized spacial score (nSPS) is 10.9. The van der Waals surface area contributed by atoms with E-state index < -0.39 is 0 Å². The molecule has 0 atom stereocenters. The van der Waals surface area contributed by atoms with E-state index in [9.17, 15) is 0 Å². The van der Waals surface area contributed by atoms with Crippen molar-refractivity contribution in [3.05, 3.63) is 29.8 Å². The standard InChI is InChI=1S/C10H14O.C3H8O/c1-10(2,3)8-4-6-9(11)7-5-8;1-3(2)4/h4-7,11H,1-3H3;3-4H,1-2H3. The molecule has 0 aliphatic heterocycles. The number of aliphatic hydroxyl groups is 1. The summed E-state index contributed by atoms with van der Waals surface area (Å²) in [7, 11) is 0. The average Bonchev–Trinajstić information content (AvgIpc) is 2.01. The van der Waals surface area contributed by atoms with Gasteiger partial charge in [-0.1, -0.05) is 32.9 Å². The van der Waals surface area contributed by atoms with Gasteiger partial charge in [0.2, 0.25) is 0 Å². The van der Waals surface area contributed by atoms with Gasteiger partial charge in [0.25, 0.3) is 0 Å². The van der Waals surface area contributed by atoms with E-state index in [-0.39, 0.29) is 11.5 Å². The van der Waals surface area contributed by atoms with Gasteiger partial charge in [0.1, 0.15) is 5.75 Å². The second-order valence-corrected chi connectivity index (χ2v) is 4.89. The van der Waals surface area contributed by atoms with Crippen molar-refractivity contribution in [3.63, 3.8) is 0 Å². The maximum atomic E-state index is 9.02. The van der Waals surface area contributed by atoms with Gasteiger partial charge < -0.3 is 10.2 Å². The Kier molecular flexibility index (Phi) is 5.37. The van der Waals surface area contributed by atoms with E-state index in [4.69, 9.17) is 10.2 Å². The zero-order valence-electron chi connectivity index (χ0n) is 10.3. The highest BCUT2D eigenvalue weighted by Crippen LogP contribution is 2.23. The molecule has 0 heterocycles. The van der Waals surface area contributed by atoms with Gasteiger partial charge in [-0.15, -0.1) is 0 Å². The maximum absolute atomic E-state index is 9.02. The van der Waals surface area contributed by atoms with Gasteiger partial charge in [-0.2, -0.15) is 0 Å². The fraction of sp³-hybridized carbons (Fsp3) is 0.538. The minimum absolute atomic E-state index is 0.167. The Morgan fingerprint density at radius 2 is 1.33 bits per heavy atom. The van der Waals surface area contributed by atoms with Crippen LogP contribution in [0.4, 0.5) is 0 Å². The molecule has 86 valence electrons. The molecule has 1 rings (SSSR count). The predicted octanol–water partition coefficient (Wildman–Crippen LogP) is 3.08. The van der Waals surface area contributed by atoms with E-state index in [1.807, 2.05) is 12.1 Å². The third-order valence-electron chi connectivity index (χ3n) is 1.73.